The van der Waals surface area contributed by atoms with E-state index in [1.165, 1.54) is 12.1 Å². The number of halogens is 5. The summed E-state index contributed by atoms with van der Waals surface area (Å²) in [5.41, 5.74) is 0.431. The van der Waals surface area contributed by atoms with E-state index >= 15 is 0 Å². The van der Waals surface area contributed by atoms with E-state index in [2.05, 4.69) is 22.0 Å². The summed E-state index contributed by atoms with van der Waals surface area (Å²) in [7, 11) is 0. The third-order valence-corrected chi connectivity index (χ3v) is 4.84. The second-order valence-corrected chi connectivity index (χ2v) is 6.84. The number of carbonyl (C=O) groups is 1. The van der Waals surface area contributed by atoms with Crippen LogP contribution < -0.4 is 5.32 Å². The van der Waals surface area contributed by atoms with Crippen LogP contribution in [0, 0.1) is 5.82 Å². The van der Waals surface area contributed by atoms with Gasteiger partial charge in [0.15, 0.2) is 0 Å². The molecule has 1 N–H and O–H groups in total. The number of aliphatic imine (C=N–C) groups is 2. The van der Waals surface area contributed by atoms with Gasteiger partial charge in [0.2, 0.25) is 5.84 Å². The molecule has 0 radical (unpaired) electrons. The topological polar surface area (TPSA) is 66.3 Å². The molecule has 1 aliphatic heterocycles. The Morgan fingerprint density at radius 2 is 2.07 bits per heavy atom. The van der Waals surface area contributed by atoms with Crippen molar-refractivity contribution >= 4 is 30.1 Å². The van der Waals surface area contributed by atoms with Crippen LogP contribution in [-0.2, 0) is 4.74 Å². The second-order valence-electron chi connectivity index (χ2n) is 6.46. The van der Waals surface area contributed by atoms with Crippen molar-refractivity contribution in [2.45, 2.75) is 19.1 Å². The molecule has 6 nitrogen and oxygen atoms in total. The highest BCUT2D eigenvalue weighted by Gasteiger charge is 2.35. The normalized spacial score (nSPS) is 17.5. The monoisotopic (exact) mass is 448 g/mol. The molecule has 164 valence electrons. The Kier molecular flexibility index (Phi) is 8.51. The van der Waals surface area contributed by atoms with E-state index in [1.807, 2.05) is 4.90 Å². The smallest absolute Gasteiger partial charge is 0.379 e. The molecule has 2 rings (SSSR count). The fraction of sp³-hybridized carbons (Fsp3) is 0.421. The summed E-state index contributed by atoms with van der Waals surface area (Å²) < 4.78 is 57.4. The van der Waals surface area contributed by atoms with Gasteiger partial charge in [-0.3, -0.25) is 9.69 Å². The molecular weight excluding hydrogens is 428 g/mol. The maximum atomic E-state index is 13.6. The lowest BCUT2D eigenvalue weighted by molar-refractivity contribution is -0.0596. The van der Waals surface area contributed by atoms with Gasteiger partial charge in [-0.1, -0.05) is 17.7 Å². The number of nitrogens with one attached hydrogen (secondary N) is 1. The molecule has 1 aromatic carbocycles. The van der Waals surface area contributed by atoms with Crippen LogP contribution in [0.25, 0.3) is 0 Å². The second kappa shape index (κ2) is 10.6. The average molecular weight is 449 g/mol. The number of carbonyl (C=O) groups excluding carboxylic acids is 1. The summed E-state index contributed by atoms with van der Waals surface area (Å²) in [4.78, 5) is 20.7. The lowest BCUT2D eigenvalue weighted by Gasteiger charge is -2.35. The Balaban J connectivity index is 2.21. The van der Waals surface area contributed by atoms with E-state index in [-0.39, 0.29) is 17.1 Å². The van der Waals surface area contributed by atoms with Crippen molar-refractivity contribution in [3.05, 3.63) is 46.4 Å². The van der Waals surface area contributed by atoms with E-state index in [9.17, 15) is 22.4 Å². The van der Waals surface area contributed by atoms with Gasteiger partial charge in [-0.2, -0.15) is 13.2 Å². The standard InChI is InChI=1S/C19H21ClF4N4O2/c1-12(10-27-18(25-2)19(22,23)24)15(28-6-8-30-9-7-28)11-26-17(29)13-4-3-5-14(21)16(13)20/h3-5,10,15H,2,6-9,11H2,1H3,(H,26,29)/b12-10+,27-18?. The Morgan fingerprint density at radius 3 is 2.67 bits per heavy atom. The number of nitrogens with zero attached hydrogens (tertiary/aromatic N) is 3. The van der Waals surface area contributed by atoms with Crippen LogP contribution in [0.4, 0.5) is 17.6 Å². The van der Waals surface area contributed by atoms with E-state index in [4.69, 9.17) is 16.3 Å². The predicted octanol–water partition coefficient (Wildman–Crippen LogP) is 3.47. The molecule has 0 bridgehead atoms. The van der Waals surface area contributed by atoms with Crippen molar-refractivity contribution in [3.8, 4) is 0 Å². The summed E-state index contributed by atoms with van der Waals surface area (Å²) in [6.07, 6.45) is -3.67. The molecule has 0 aliphatic carbocycles. The first-order chi connectivity index (χ1) is 14.1. The highest BCUT2D eigenvalue weighted by atomic mass is 35.5. The predicted molar refractivity (Wildman–Crippen MR) is 107 cm³/mol. The summed E-state index contributed by atoms with van der Waals surface area (Å²) in [6.45, 7) is 6.46. The van der Waals surface area contributed by atoms with E-state index in [0.29, 0.717) is 31.9 Å². The van der Waals surface area contributed by atoms with Crippen LogP contribution >= 0.6 is 11.6 Å². The lowest BCUT2D eigenvalue weighted by atomic mass is 10.1. The van der Waals surface area contributed by atoms with Gasteiger partial charge in [-0.05, 0) is 31.3 Å². The number of alkyl halides is 3. The molecule has 0 aromatic heterocycles. The Hall–Kier alpha value is -2.30. The summed E-state index contributed by atoms with van der Waals surface area (Å²) in [5, 5.41) is 2.35. The molecule has 1 unspecified atom stereocenters. The number of hydrogen-bond acceptors (Lipinski definition) is 4. The number of benzene rings is 1. The zero-order chi connectivity index (χ0) is 22.3. The molecule has 1 fully saturated rings. The van der Waals surface area contributed by atoms with E-state index in [1.54, 1.807) is 6.92 Å². The minimum absolute atomic E-state index is 0.0349. The number of hydrogen-bond donors (Lipinski definition) is 1. The van der Waals surface area contributed by atoms with Gasteiger partial charge in [0.1, 0.15) is 5.82 Å². The number of morpholine rings is 1. The van der Waals surface area contributed by atoms with Crippen molar-refractivity contribution in [2.24, 2.45) is 9.98 Å². The first-order valence-electron chi connectivity index (χ1n) is 8.97. The molecule has 1 saturated heterocycles. The zero-order valence-electron chi connectivity index (χ0n) is 16.2. The first-order valence-corrected chi connectivity index (χ1v) is 9.35. The Labute approximate surface area is 176 Å². The van der Waals surface area contributed by atoms with Gasteiger partial charge in [0.05, 0.1) is 23.8 Å². The maximum absolute atomic E-state index is 13.6. The number of rotatable bonds is 6. The third-order valence-electron chi connectivity index (χ3n) is 4.46. The summed E-state index contributed by atoms with van der Waals surface area (Å²) in [6, 6.07) is 3.40. The van der Waals surface area contributed by atoms with Crippen molar-refractivity contribution in [2.75, 3.05) is 32.8 Å². The molecule has 30 heavy (non-hydrogen) atoms. The van der Waals surface area contributed by atoms with Crippen molar-refractivity contribution in [1.82, 2.24) is 10.2 Å². The molecule has 0 saturated carbocycles. The number of ether oxygens (including phenoxy) is 1. The lowest BCUT2D eigenvalue weighted by Crippen LogP contribution is -2.49. The molecule has 1 atom stereocenters. The Bertz CT molecular complexity index is 836. The Morgan fingerprint density at radius 1 is 1.40 bits per heavy atom. The van der Waals surface area contributed by atoms with Crippen LogP contribution in [0.2, 0.25) is 5.02 Å². The van der Waals surface area contributed by atoms with Crippen LogP contribution in [0.3, 0.4) is 0 Å². The molecule has 1 heterocycles. The van der Waals surface area contributed by atoms with Crippen LogP contribution in [-0.4, -0.2) is 68.4 Å². The van der Waals surface area contributed by atoms with Crippen LogP contribution in [0.5, 0.6) is 0 Å². The van der Waals surface area contributed by atoms with E-state index < -0.39 is 29.8 Å². The fourth-order valence-electron chi connectivity index (χ4n) is 2.88. The van der Waals surface area contributed by atoms with Crippen LogP contribution in [0.1, 0.15) is 17.3 Å². The van der Waals surface area contributed by atoms with Gasteiger partial charge in [0.25, 0.3) is 5.91 Å². The zero-order valence-corrected chi connectivity index (χ0v) is 16.9. The maximum Gasteiger partial charge on any atom is 0.451 e. The molecular formula is C19H21ClF4N4O2. The van der Waals surface area contributed by atoms with Gasteiger partial charge in [0, 0.05) is 31.9 Å². The van der Waals surface area contributed by atoms with Crippen molar-refractivity contribution in [3.63, 3.8) is 0 Å². The minimum Gasteiger partial charge on any atom is -0.379 e. The molecule has 1 amide bonds. The van der Waals surface area contributed by atoms with Gasteiger partial charge in [-0.25, -0.2) is 14.4 Å². The third kappa shape index (κ3) is 6.35. The van der Waals surface area contributed by atoms with Gasteiger partial charge >= 0.3 is 6.18 Å². The highest BCUT2D eigenvalue weighted by molar-refractivity contribution is 6.34. The highest BCUT2D eigenvalue weighted by Crippen LogP contribution is 2.21. The summed E-state index contributed by atoms with van der Waals surface area (Å²) >= 11 is 5.84. The molecule has 1 aromatic rings. The van der Waals surface area contributed by atoms with Crippen molar-refractivity contribution < 1.29 is 27.1 Å². The van der Waals surface area contributed by atoms with E-state index in [0.717, 1.165) is 12.3 Å². The van der Waals surface area contributed by atoms with Gasteiger partial charge < -0.3 is 10.1 Å². The summed E-state index contributed by atoms with van der Waals surface area (Å²) in [5.74, 6) is -2.69. The van der Waals surface area contributed by atoms with Crippen molar-refractivity contribution in [1.29, 1.82) is 0 Å². The first kappa shape index (κ1) is 24.0. The van der Waals surface area contributed by atoms with Crippen LogP contribution in [0.15, 0.2) is 40.0 Å². The number of amidine groups is 1. The molecule has 0 spiro atoms. The number of amides is 1. The molecule has 1 aliphatic rings. The quantitative estimate of drug-likeness (QED) is 0.411. The fourth-order valence-corrected chi connectivity index (χ4v) is 3.10. The SMILES string of the molecule is C=NC(=N/C=C(\C)C(CNC(=O)c1cccc(F)c1Cl)N1CCOCC1)C(F)(F)F. The largest absolute Gasteiger partial charge is 0.451 e. The average Bonchev–Trinajstić information content (AvgIpc) is 2.70. The minimum atomic E-state index is -4.73. The van der Waals surface area contributed by atoms with Gasteiger partial charge in [-0.15, -0.1) is 0 Å². The molecule has 11 heteroatoms.